The highest BCUT2D eigenvalue weighted by Crippen LogP contribution is 2.33. The van der Waals surface area contributed by atoms with Crippen molar-refractivity contribution in [1.82, 2.24) is 10.3 Å². The molecule has 0 atom stereocenters. The second kappa shape index (κ2) is 9.65. The summed E-state index contributed by atoms with van der Waals surface area (Å²) >= 11 is 6.94. The lowest BCUT2D eigenvalue weighted by Gasteiger charge is -2.22. The van der Waals surface area contributed by atoms with E-state index in [4.69, 9.17) is 21.8 Å². The van der Waals surface area contributed by atoms with Crippen molar-refractivity contribution in [3.63, 3.8) is 0 Å². The second-order valence-corrected chi connectivity index (χ2v) is 7.84. The number of carbonyl (C=O) groups excluding carboxylic acids is 1. The molecule has 2 aromatic carbocycles. The molecule has 4 rings (SSSR count). The van der Waals surface area contributed by atoms with Gasteiger partial charge in [0, 0.05) is 12.3 Å². The van der Waals surface area contributed by atoms with Crippen LogP contribution < -0.4 is 15.1 Å². The molecule has 1 amide bonds. The van der Waals surface area contributed by atoms with E-state index in [1.165, 1.54) is 12.2 Å². The van der Waals surface area contributed by atoms with Crippen molar-refractivity contribution < 1.29 is 14.4 Å². The van der Waals surface area contributed by atoms with Crippen molar-refractivity contribution in [2.45, 2.75) is 6.42 Å². The number of fused-ring (bicyclic) bond motifs is 1. The van der Waals surface area contributed by atoms with Gasteiger partial charge in [-0.2, -0.15) is 5.06 Å². The first-order chi connectivity index (χ1) is 15.1. The summed E-state index contributed by atoms with van der Waals surface area (Å²) in [6.07, 6.45) is 1.95. The normalized spacial score (nSPS) is 10.6. The van der Waals surface area contributed by atoms with E-state index in [0.29, 0.717) is 11.4 Å². The molecule has 156 valence electrons. The summed E-state index contributed by atoms with van der Waals surface area (Å²) in [5.74, 6) is 1.20. The zero-order chi connectivity index (χ0) is 21.6. The molecule has 0 saturated carbocycles. The van der Waals surface area contributed by atoms with E-state index in [1.807, 2.05) is 60.0 Å². The van der Waals surface area contributed by atoms with Gasteiger partial charge in [-0.05, 0) is 53.5 Å². The van der Waals surface area contributed by atoms with Crippen LogP contribution in [-0.4, -0.2) is 23.1 Å². The molecule has 6 nitrogen and oxygen atoms in total. The smallest absolute Gasteiger partial charge is 0.230 e. The van der Waals surface area contributed by atoms with Gasteiger partial charge in [0.2, 0.25) is 11.0 Å². The van der Waals surface area contributed by atoms with Gasteiger partial charge in [0.15, 0.2) is 0 Å². The molecule has 0 saturated heterocycles. The van der Waals surface area contributed by atoms with Gasteiger partial charge in [-0.25, -0.2) is 0 Å². The average Bonchev–Trinajstić information content (AvgIpc) is 3.26. The largest absolute Gasteiger partial charge is 0.456 e. The number of thiophene rings is 1. The van der Waals surface area contributed by atoms with Crippen molar-refractivity contribution >= 4 is 50.5 Å². The van der Waals surface area contributed by atoms with Crippen LogP contribution in [0, 0.1) is 0 Å². The molecule has 0 fully saturated rings. The third-order valence-corrected chi connectivity index (χ3v) is 5.61. The van der Waals surface area contributed by atoms with Crippen LogP contribution in [0.5, 0.6) is 11.5 Å². The number of hydroxylamine groups is 1. The van der Waals surface area contributed by atoms with E-state index >= 15 is 0 Å². The SMILES string of the molecule is CON(C(=S)NC(=O)Cc1ccccc1)c1ccc(Oc2ccnc3ccsc23)cc1. The number of pyridine rings is 1. The van der Waals surface area contributed by atoms with Crippen molar-refractivity contribution in [3.8, 4) is 11.5 Å². The predicted molar refractivity (Wildman–Crippen MR) is 127 cm³/mol. The highest BCUT2D eigenvalue weighted by Gasteiger charge is 2.15. The lowest BCUT2D eigenvalue weighted by molar-refractivity contribution is -0.119. The van der Waals surface area contributed by atoms with Crippen LogP contribution in [0.4, 0.5) is 5.69 Å². The number of hydrogen-bond acceptors (Lipinski definition) is 6. The highest BCUT2D eigenvalue weighted by molar-refractivity contribution is 7.80. The zero-order valence-electron chi connectivity index (χ0n) is 16.6. The number of thiocarbonyl (C=S) groups is 1. The minimum Gasteiger partial charge on any atom is -0.456 e. The number of nitrogens with zero attached hydrogens (tertiary/aromatic N) is 2. The highest BCUT2D eigenvalue weighted by atomic mass is 32.1. The number of aromatic nitrogens is 1. The van der Waals surface area contributed by atoms with E-state index < -0.39 is 0 Å². The number of rotatable bonds is 6. The van der Waals surface area contributed by atoms with Crippen molar-refractivity contribution in [2.75, 3.05) is 12.2 Å². The first-order valence-corrected chi connectivity index (χ1v) is 10.7. The molecule has 0 radical (unpaired) electrons. The van der Waals surface area contributed by atoms with E-state index in [9.17, 15) is 4.79 Å². The van der Waals surface area contributed by atoms with E-state index in [0.717, 1.165) is 21.5 Å². The summed E-state index contributed by atoms with van der Waals surface area (Å²) in [4.78, 5) is 22.0. The summed E-state index contributed by atoms with van der Waals surface area (Å²) < 4.78 is 7.01. The lowest BCUT2D eigenvalue weighted by Crippen LogP contribution is -2.42. The van der Waals surface area contributed by atoms with Gasteiger partial charge in [0.1, 0.15) is 11.5 Å². The second-order valence-electron chi connectivity index (χ2n) is 6.53. The maximum atomic E-state index is 12.3. The van der Waals surface area contributed by atoms with Crippen LogP contribution in [-0.2, 0) is 16.1 Å². The van der Waals surface area contributed by atoms with Crippen LogP contribution in [0.25, 0.3) is 10.2 Å². The number of ether oxygens (including phenoxy) is 1. The number of nitrogens with one attached hydrogen (secondary N) is 1. The monoisotopic (exact) mass is 449 g/mol. The number of carbonyl (C=O) groups is 1. The Morgan fingerprint density at radius 1 is 1.10 bits per heavy atom. The third kappa shape index (κ3) is 5.05. The third-order valence-electron chi connectivity index (χ3n) is 4.43. The number of hydrogen-bond donors (Lipinski definition) is 1. The van der Waals surface area contributed by atoms with Gasteiger partial charge in [-0.15, -0.1) is 11.3 Å². The average molecular weight is 450 g/mol. The Hall–Kier alpha value is -3.33. The fourth-order valence-corrected chi connectivity index (χ4v) is 4.10. The molecular formula is C23H19N3O3S2. The van der Waals surface area contributed by atoms with E-state index in [2.05, 4.69) is 10.3 Å². The van der Waals surface area contributed by atoms with Crippen LogP contribution >= 0.6 is 23.6 Å². The molecule has 2 aromatic heterocycles. The van der Waals surface area contributed by atoms with Crippen LogP contribution in [0.3, 0.4) is 0 Å². The Labute approximate surface area is 189 Å². The van der Waals surface area contributed by atoms with Crippen LogP contribution in [0.1, 0.15) is 5.56 Å². The Morgan fingerprint density at radius 2 is 1.87 bits per heavy atom. The van der Waals surface area contributed by atoms with Gasteiger partial charge in [0.25, 0.3) is 0 Å². The molecule has 0 aliphatic heterocycles. The molecule has 1 N–H and O–H groups in total. The molecule has 31 heavy (non-hydrogen) atoms. The first kappa shape index (κ1) is 20.9. The summed E-state index contributed by atoms with van der Waals surface area (Å²) in [6, 6.07) is 20.5. The number of amides is 1. The molecule has 0 aliphatic rings. The molecule has 4 aromatic rings. The van der Waals surface area contributed by atoms with Gasteiger partial charge in [-0.1, -0.05) is 30.3 Å². The van der Waals surface area contributed by atoms with Crippen LogP contribution in [0.2, 0.25) is 0 Å². The molecule has 8 heteroatoms. The molecule has 0 bridgehead atoms. The summed E-state index contributed by atoms with van der Waals surface area (Å²) in [5.41, 5.74) is 2.47. The minimum absolute atomic E-state index is 0.159. The molecular weight excluding hydrogens is 430 g/mol. The molecule has 0 unspecified atom stereocenters. The lowest BCUT2D eigenvalue weighted by atomic mass is 10.1. The Kier molecular flexibility index (Phi) is 6.51. The maximum absolute atomic E-state index is 12.3. The molecule has 2 heterocycles. The topological polar surface area (TPSA) is 63.7 Å². The first-order valence-electron chi connectivity index (χ1n) is 9.46. The summed E-state index contributed by atoms with van der Waals surface area (Å²) in [7, 11) is 1.49. The van der Waals surface area contributed by atoms with Crippen LogP contribution in [0.15, 0.2) is 78.3 Å². The Morgan fingerprint density at radius 3 is 2.61 bits per heavy atom. The van der Waals surface area contributed by atoms with Crippen molar-refractivity contribution in [3.05, 3.63) is 83.9 Å². The molecule has 0 spiro atoms. The summed E-state index contributed by atoms with van der Waals surface area (Å²) in [5, 5.41) is 6.23. The summed E-state index contributed by atoms with van der Waals surface area (Å²) in [6.45, 7) is 0. The Bertz CT molecular complexity index is 1190. The quantitative estimate of drug-likeness (QED) is 0.326. The van der Waals surface area contributed by atoms with E-state index in [-0.39, 0.29) is 17.4 Å². The van der Waals surface area contributed by atoms with E-state index in [1.54, 1.807) is 29.7 Å². The predicted octanol–water partition coefficient (Wildman–Crippen LogP) is 5.10. The van der Waals surface area contributed by atoms with Crippen molar-refractivity contribution in [1.29, 1.82) is 0 Å². The van der Waals surface area contributed by atoms with Gasteiger partial charge < -0.3 is 10.1 Å². The van der Waals surface area contributed by atoms with Gasteiger partial charge in [-0.3, -0.25) is 14.6 Å². The number of anilines is 1. The minimum atomic E-state index is -0.212. The molecule has 0 aliphatic carbocycles. The fourth-order valence-electron chi connectivity index (χ4n) is 3.01. The fraction of sp³-hybridized carbons (Fsp3) is 0.0870. The standard InChI is InChI=1S/C23H19N3O3S2/c1-28-26(23(30)25-21(27)15-16-5-3-2-4-6-16)17-7-9-18(10-8-17)29-20-11-13-24-19-12-14-31-22(19)20/h2-14H,15H2,1H3,(H,25,27,30). The van der Waals surface area contributed by atoms with Crippen molar-refractivity contribution in [2.24, 2.45) is 0 Å². The Balaban J connectivity index is 1.42. The van der Waals surface area contributed by atoms with Gasteiger partial charge >= 0.3 is 0 Å². The van der Waals surface area contributed by atoms with Gasteiger partial charge in [0.05, 0.1) is 29.4 Å². The maximum Gasteiger partial charge on any atom is 0.230 e. The zero-order valence-corrected chi connectivity index (χ0v) is 18.3. The number of benzene rings is 2.